The minimum atomic E-state index is -1.94. The highest BCUT2D eigenvalue weighted by atomic mass is 28.4. The largest absolute Gasteiger partial charge is 0.460 e. The highest BCUT2D eigenvalue weighted by molar-refractivity contribution is 6.74. The zero-order valence-electron chi connectivity index (χ0n) is 27.8. The van der Waals surface area contributed by atoms with Gasteiger partial charge in [-0.05, 0) is 100.0 Å². The number of ether oxygens (including phenoxy) is 1. The first-order valence-corrected chi connectivity index (χ1v) is 18.7. The van der Waals surface area contributed by atoms with Gasteiger partial charge < -0.3 is 14.1 Å². The van der Waals surface area contributed by atoms with Gasteiger partial charge in [-0.3, -0.25) is 9.69 Å². The van der Waals surface area contributed by atoms with Crippen LogP contribution < -0.4 is 4.90 Å². The van der Waals surface area contributed by atoms with E-state index < -0.39 is 13.9 Å². The van der Waals surface area contributed by atoms with Crippen LogP contribution in [0.3, 0.4) is 0 Å². The number of amides is 2. The van der Waals surface area contributed by atoms with Gasteiger partial charge in [0.15, 0.2) is 8.32 Å². The Kier molecular flexibility index (Phi) is 11.6. The molecule has 0 heterocycles. The summed E-state index contributed by atoms with van der Waals surface area (Å²) in [5.74, 6) is -0.499. The Morgan fingerprint density at radius 2 is 1.53 bits per heavy atom. The third-order valence-electron chi connectivity index (χ3n) is 8.88. The minimum absolute atomic E-state index is 0.0882. The van der Waals surface area contributed by atoms with Crippen LogP contribution in [0, 0.1) is 11.7 Å². The van der Waals surface area contributed by atoms with Gasteiger partial charge in [0.1, 0.15) is 11.4 Å². The Balaban J connectivity index is 1.79. The molecule has 1 aliphatic carbocycles. The summed E-state index contributed by atoms with van der Waals surface area (Å²) in [6.07, 6.45) is 3.90. The fourth-order valence-electron chi connectivity index (χ4n) is 5.32. The molecule has 0 aliphatic heterocycles. The van der Waals surface area contributed by atoms with Gasteiger partial charge in [0.25, 0.3) is 0 Å². The summed E-state index contributed by atoms with van der Waals surface area (Å²) in [6, 6.07) is 14.2. The Morgan fingerprint density at radius 3 is 2.09 bits per heavy atom. The van der Waals surface area contributed by atoms with Crippen LogP contribution in [0.25, 0.3) is 0 Å². The number of carbonyl (C=O) groups is 2. The van der Waals surface area contributed by atoms with Crippen LogP contribution in [-0.4, -0.2) is 50.5 Å². The van der Waals surface area contributed by atoms with Crippen molar-refractivity contribution >= 4 is 26.0 Å². The highest BCUT2D eigenvalue weighted by Gasteiger charge is 2.37. The summed E-state index contributed by atoms with van der Waals surface area (Å²) in [4.78, 5) is 30.5. The van der Waals surface area contributed by atoms with E-state index in [-0.39, 0.29) is 34.7 Å². The molecule has 1 saturated carbocycles. The number of nitrogens with zero attached hydrogens (tertiary/aromatic N) is 2. The van der Waals surface area contributed by atoms with Crippen LogP contribution in [0.5, 0.6) is 0 Å². The summed E-state index contributed by atoms with van der Waals surface area (Å²) in [6.45, 7) is 20.5. The Labute approximate surface area is 260 Å². The van der Waals surface area contributed by atoms with E-state index in [9.17, 15) is 14.0 Å². The summed E-state index contributed by atoms with van der Waals surface area (Å²) >= 11 is 0. The molecule has 8 heteroatoms. The van der Waals surface area contributed by atoms with Crippen molar-refractivity contribution < 1.29 is 23.1 Å². The fraction of sp³-hybridized carbons (Fsp3) is 0.600. The average Bonchev–Trinajstić information content (AvgIpc) is 2.93. The van der Waals surface area contributed by atoms with Crippen molar-refractivity contribution in [3.63, 3.8) is 0 Å². The maximum atomic E-state index is 13.9. The number of rotatable bonds is 10. The molecule has 2 aromatic carbocycles. The maximum Gasteiger partial charge on any atom is 0.324 e. The van der Waals surface area contributed by atoms with Gasteiger partial charge in [0.05, 0.1) is 19.1 Å². The lowest BCUT2D eigenvalue weighted by Crippen LogP contribution is -2.47. The van der Waals surface area contributed by atoms with E-state index in [4.69, 9.17) is 9.16 Å². The first-order valence-electron chi connectivity index (χ1n) is 15.8. The number of carbonyl (C=O) groups excluding carboxylic acids is 2. The molecule has 2 atom stereocenters. The minimum Gasteiger partial charge on any atom is -0.460 e. The van der Waals surface area contributed by atoms with Crippen molar-refractivity contribution in [1.29, 1.82) is 0 Å². The fourth-order valence-corrected chi connectivity index (χ4v) is 6.35. The first kappa shape index (κ1) is 34.8. The number of halogens is 1. The zero-order chi connectivity index (χ0) is 32.0. The van der Waals surface area contributed by atoms with Crippen molar-refractivity contribution in [1.82, 2.24) is 4.90 Å². The normalized spacial score (nSPS) is 17.8. The van der Waals surface area contributed by atoms with E-state index in [2.05, 4.69) is 46.0 Å². The van der Waals surface area contributed by atoms with Crippen LogP contribution in [0.1, 0.15) is 91.2 Å². The van der Waals surface area contributed by atoms with Gasteiger partial charge in [0, 0.05) is 18.8 Å². The molecule has 238 valence electrons. The first-order chi connectivity index (χ1) is 20.0. The third kappa shape index (κ3) is 9.64. The van der Waals surface area contributed by atoms with Crippen LogP contribution in [0.15, 0.2) is 48.5 Å². The van der Waals surface area contributed by atoms with Crippen molar-refractivity contribution in [2.45, 2.75) is 110 Å². The van der Waals surface area contributed by atoms with Crippen LogP contribution in [0.4, 0.5) is 14.9 Å². The molecular weight excluding hydrogens is 559 g/mol. The summed E-state index contributed by atoms with van der Waals surface area (Å²) in [7, 11) is -1.94. The van der Waals surface area contributed by atoms with Crippen LogP contribution in [0.2, 0.25) is 18.1 Å². The molecule has 6 nitrogen and oxygen atoms in total. The van der Waals surface area contributed by atoms with Crippen molar-refractivity contribution in [2.24, 2.45) is 5.92 Å². The monoisotopic (exact) mass is 612 g/mol. The summed E-state index contributed by atoms with van der Waals surface area (Å²) in [5, 5.41) is 0.0882. The number of benzene rings is 2. The predicted molar refractivity (Wildman–Crippen MR) is 175 cm³/mol. The van der Waals surface area contributed by atoms with Crippen LogP contribution >= 0.6 is 0 Å². The van der Waals surface area contributed by atoms with E-state index in [1.54, 1.807) is 21.9 Å². The zero-order valence-corrected chi connectivity index (χ0v) is 28.8. The number of esters is 1. The third-order valence-corrected chi connectivity index (χ3v) is 13.4. The Bertz CT molecular complexity index is 1200. The molecule has 0 saturated heterocycles. The SMILES string of the molecule is CCN(CCO[Si](C)(C)C(C)(C)C)C(=O)N(Cc1ccc([C@@H]2CCCC[C@H]2C(=O)OC(C)(C)C)cc1)c1ccc(F)cc1. The van der Waals surface area contributed by atoms with Crippen molar-refractivity contribution in [2.75, 3.05) is 24.6 Å². The Morgan fingerprint density at radius 1 is 0.930 bits per heavy atom. The second-order valence-corrected chi connectivity index (χ2v) is 19.1. The second kappa shape index (κ2) is 14.4. The number of urea groups is 1. The lowest BCUT2D eigenvalue weighted by Gasteiger charge is -2.37. The molecule has 3 rings (SSSR count). The smallest absolute Gasteiger partial charge is 0.324 e. The average molecular weight is 613 g/mol. The standard InChI is InChI=1S/C35H53FN2O4Si/c1-10-37(23-24-41-43(8,9)35(5,6)7)33(40)38(29-21-19-28(36)20-22-29)25-26-15-17-27(18-16-26)30-13-11-12-14-31(30)32(39)42-34(2,3)4/h15-22,30-31H,10-14,23-25H2,1-9H3/t30-,31+/m0/s1. The topological polar surface area (TPSA) is 59.1 Å². The molecule has 0 radical (unpaired) electrons. The number of hydrogen-bond acceptors (Lipinski definition) is 4. The molecule has 2 amide bonds. The molecule has 43 heavy (non-hydrogen) atoms. The Hall–Kier alpha value is -2.71. The maximum absolute atomic E-state index is 13.9. The van der Waals surface area contributed by atoms with Gasteiger partial charge in [-0.25, -0.2) is 9.18 Å². The van der Waals surface area contributed by atoms with E-state index in [1.807, 2.05) is 39.8 Å². The van der Waals surface area contributed by atoms with Gasteiger partial charge >= 0.3 is 12.0 Å². The van der Waals surface area contributed by atoms with E-state index >= 15 is 0 Å². The molecule has 0 spiro atoms. The molecule has 0 N–H and O–H groups in total. The molecule has 0 bridgehead atoms. The van der Waals surface area contributed by atoms with Gasteiger partial charge in [-0.2, -0.15) is 0 Å². The lowest BCUT2D eigenvalue weighted by molar-refractivity contribution is -0.161. The van der Waals surface area contributed by atoms with Crippen molar-refractivity contribution in [3.05, 3.63) is 65.5 Å². The molecule has 1 fully saturated rings. The van der Waals surface area contributed by atoms with E-state index in [1.165, 1.54) is 12.1 Å². The van der Waals surface area contributed by atoms with Gasteiger partial charge in [0.2, 0.25) is 0 Å². The lowest BCUT2D eigenvalue weighted by atomic mass is 9.75. The number of hydrogen-bond donors (Lipinski definition) is 0. The molecule has 0 unspecified atom stereocenters. The van der Waals surface area contributed by atoms with E-state index in [0.717, 1.165) is 36.8 Å². The number of anilines is 1. The molecule has 1 aliphatic rings. The van der Waals surface area contributed by atoms with Gasteiger partial charge in [-0.1, -0.05) is 57.9 Å². The summed E-state index contributed by atoms with van der Waals surface area (Å²) < 4.78 is 25.9. The van der Waals surface area contributed by atoms with Crippen molar-refractivity contribution in [3.8, 4) is 0 Å². The van der Waals surface area contributed by atoms with Gasteiger partial charge in [-0.15, -0.1) is 0 Å². The summed E-state index contributed by atoms with van der Waals surface area (Å²) in [5.41, 5.74) is 2.20. The molecule has 0 aromatic heterocycles. The second-order valence-electron chi connectivity index (χ2n) is 14.3. The molecular formula is C35H53FN2O4Si. The number of likely N-dealkylation sites (N-methyl/N-ethyl adjacent to an activating group) is 1. The predicted octanol–water partition coefficient (Wildman–Crippen LogP) is 8.91. The highest BCUT2D eigenvalue weighted by Crippen LogP contribution is 2.39. The van der Waals surface area contributed by atoms with E-state index in [0.29, 0.717) is 31.9 Å². The van der Waals surface area contributed by atoms with Crippen LogP contribution in [-0.2, 0) is 20.5 Å². The quantitative estimate of drug-likeness (QED) is 0.199. The molecule has 2 aromatic rings.